The Bertz CT molecular complexity index is 517. The highest BCUT2D eigenvalue weighted by Crippen LogP contribution is 2.25. The number of pyridine rings is 1. The molecule has 3 nitrogen and oxygen atoms in total. The smallest absolute Gasteiger partial charge is 0.133 e. The summed E-state index contributed by atoms with van der Waals surface area (Å²) in [5, 5.41) is 3.41. The zero-order valence-electron chi connectivity index (χ0n) is 10.9. The molecule has 4 heteroatoms. The van der Waals surface area contributed by atoms with E-state index in [-0.39, 0.29) is 0 Å². The summed E-state index contributed by atoms with van der Waals surface area (Å²) in [6, 6.07) is 10.2. The van der Waals surface area contributed by atoms with Gasteiger partial charge >= 0.3 is 0 Å². The van der Waals surface area contributed by atoms with Crippen molar-refractivity contribution in [2.75, 3.05) is 6.61 Å². The van der Waals surface area contributed by atoms with Gasteiger partial charge in [-0.25, -0.2) is 0 Å². The normalized spacial score (nSPS) is 10.4. The molecule has 1 heterocycles. The molecule has 0 atom stereocenters. The van der Waals surface area contributed by atoms with Gasteiger partial charge in [-0.05, 0) is 58.2 Å². The molecule has 0 saturated carbocycles. The minimum atomic E-state index is 0.679. The minimum absolute atomic E-state index is 0.679. The van der Waals surface area contributed by atoms with E-state index in [0.29, 0.717) is 6.61 Å². The first kappa shape index (κ1) is 14.0. The number of nitrogens with one attached hydrogen (secondary N) is 1. The van der Waals surface area contributed by atoms with Gasteiger partial charge in [0, 0.05) is 25.5 Å². The number of halogens is 1. The summed E-state index contributed by atoms with van der Waals surface area (Å²) in [5.41, 5.74) is 2.46. The van der Waals surface area contributed by atoms with E-state index >= 15 is 0 Å². The molecule has 0 bridgehead atoms. The summed E-state index contributed by atoms with van der Waals surface area (Å²) in [4.78, 5) is 4.00. The van der Waals surface area contributed by atoms with Gasteiger partial charge in [-0.2, -0.15) is 0 Å². The highest BCUT2D eigenvalue weighted by molar-refractivity contribution is 9.10. The van der Waals surface area contributed by atoms with Gasteiger partial charge in [0.15, 0.2) is 0 Å². The quantitative estimate of drug-likeness (QED) is 0.884. The van der Waals surface area contributed by atoms with Gasteiger partial charge in [0.25, 0.3) is 0 Å². The van der Waals surface area contributed by atoms with Gasteiger partial charge in [0.05, 0.1) is 11.1 Å². The lowest BCUT2D eigenvalue weighted by atomic mass is 10.2. The first-order valence-corrected chi connectivity index (χ1v) is 7.09. The van der Waals surface area contributed by atoms with Crippen LogP contribution in [0.25, 0.3) is 0 Å². The number of ether oxygens (including phenoxy) is 1. The maximum Gasteiger partial charge on any atom is 0.133 e. The second-order valence-electron chi connectivity index (χ2n) is 4.16. The van der Waals surface area contributed by atoms with Crippen LogP contribution in [0.15, 0.2) is 47.2 Å². The Balaban J connectivity index is 1.88. The molecule has 0 aliphatic carbocycles. The fourth-order valence-corrected chi connectivity index (χ4v) is 2.32. The second-order valence-corrected chi connectivity index (χ2v) is 5.01. The average Bonchev–Trinajstić information content (AvgIpc) is 2.43. The van der Waals surface area contributed by atoms with Crippen LogP contribution in [0.2, 0.25) is 0 Å². The molecule has 0 fully saturated rings. The summed E-state index contributed by atoms with van der Waals surface area (Å²) >= 11 is 3.52. The number of nitrogens with zero attached hydrogens (tertiary/aromatic N) is 1. The van der Waals surface area contributed by atoms with Crippen LogP contribution in [0.1, 0.15) is 18.1 Å². The Labute approximate surface area is 122 Å². The highest BCUT2D eigenvalue weighted by Gasteiger charge is 2.02. The van der Waals surface area contributed by atoms with Crippen molar-refractivity contribution >= 4 is 15.9 Å². The molecule has 0 aliphatic rings. The Kier molecular flexibility index (Phi) is 5.36. The van der Waals surface area contributed by atoms with Crippen molar-refractivity contribution in [2.45, 2.75) is 20.0 Å². The van der Waals surface area contributed by atoms with Gasteiger partial charge in [-0.1, -0.05) is 6.07 Å². The molecule has 0 spiro atoms. The standard InChI is InChI=1S/C15H17BrN2O/c1-2-19-15-4-3-13(9-14(15)16)11-18-10-12-5-7-17-8-6-12/h3-9,18H,2,10-11H2,1H3. The zero-order valence-corrected chi connectivity index (χ0v) is 12.5. The molecule has 0 unspecified atom stereocenters. The molecule has 0 radical (unpaired) electrons. The van der Waals surface area contributed by atoms with Crippen LogP contribution in [0.3, 0.4) is 0 Å². The largest absolute Gasteiger partial charge is 0.493 e. The third kappa shape index (κ3) is 4.33. The van der Waals surface area contributed by atoms with Gasteiger partial charge in [0.2, 0.25) is 0 Å². The summed E-state index contributed by atoms with van der Waals surface area (Å²) in [7, 11) is 0. The summed E-state index contributed by atoms with van der Waals surface area (Å²) in [5.74, 6) is 0.889. The first-order chi connectivity index (χ1) is 9.29. The van der Waals surface area contributed by atoms with Crippen LogP contribution >= 0.6 is 15.9 Å². The zero-order chi connectivity index (χ0) is 13.5. The summed E-state index contributed by atoms with van der Waals surface area (Å²) in [6.45, 7) is 4.33. The molecule has 1 aromatic heterocycles. The Morgan fingerprint density at radius 3 is 2.53 bits per heavy atom. The summed E-state index contributed by atoms with van der Waals surface area (Å²) < 4.78 is 6.49. The molecule has 0 aliphatic heterocycles. The number of aromatic nitrogens is 1. The third-order valence-corrected chi connectivity index (χ3v) is 3.32. The molecular weight excluding hydrogens is 304 g/mol. The molecule has 2 rings (SSSR count). The van der Waals surface area contributed by atoms with Gasteiger partial charge in [0.1, 0.15) is 5.75 Å². The fourth-order valence-electron chi connectivity index (χ4n) is 1.78. The number of rotatable bonds is 6. The van der Waals surface area contributed by atoms with E-state index < -0.39 is 0 Å². The van der Waals surface area contributed by atoms with E-state index in [1.165, 1.54) is 11.1 Å². The predicted molar refractivity (Wildman–Crippen MR) is 80.1 cm³/mol. The predicted octanol–water partition coefficient (Wildman–Crippen LogP) is 3.53. The van der Waals surface area contributed by atoms with Crippen LogP contribution in [-0.4, -0.2) is 11.6 Å². The van der Waals surface area contributed by atoms with E-state index in [1.807, 2.05) is 37.5 Å². The molecule has 0 saturated heterocycles. The van der Waals surface area contributed by atoms with E-state index in [2.05, 4.69) is 38.4 Å². The molecule has 0 amide bonds. The van der Waals surface area contributed by atoms with Crippen molar-refractivity contribution in [1.29, 1.82) is 0 Å². The molecule has 1 N–H and O–H groups in total. The fraction of sp³-hybridized carbons (Fsp3) is 0.267. The monoisotopic (exact) mass is 320 g/mol. The van der Waals surface area contributed by atoms with E-state index in [0.717, 1.165) is 23.3 Å². The third-order valence-electron chi connectivity index (χ3n) is 2.70. The van der Waals surface area contributed by atoms with Gasteiger partial charge in [-0.15, -0.1) is 0 Å². The minimum Gasteiger partial charge on any atom is -0.493 e. The van der Waals surface area contributed by atoms with Crippen molar-refractivity contribution in [1.82, 2.24) is 10.3 Å². The van der Waals surface area contributed by atoms with E-state index in [9.17, 15) is 0 Å². The Morgan fingerprint density at radius 2 is 1.84 bits per heavy atom. The topological polar surface area (TPSA) is 34.1 Å². The van der Waals surface area contributed by atoms with Crippen molar-refractivity contribution in [2.24, 2.45) is 0 Å². The molecule has 100 valence electrons. The Morgan fingerprint density at radius 1 is 1.11 bits per heavy atom. The van der Waals surface area contributed by atoms with Crippen molar-refractivity contribution in [3.8, 4) is 5.75 Å². The van der Waals surface area contributed by atoms with Crippen LogP contribution in [0.4, 0.5) is 0 Å². The van der Waals surface area contributed by atoms with E-state index in [4.69, 9.17) is 4.74 Å². The van der Waals surface area contributed by atoms with Crippen molar-refractivity contribution in [3.63, 3.8) is 0 Å². The summed E-state index contributed by atoms with van der Waals surface area (Å²) in [6.07, 6.45) is 3.62. The molecule has 19 heavy (non-hydrogen) atoms. The Hall–Kier alpha value is -1.39. The molecular formula is C15H17BrN2O. The maximum absolute atomic E-state index is 5.49. The van der Waals surface area contributed by atoms with Gasteiger partial charge in [-0.3, -0.25) is 4.98 Å². The maximum atomic E-state index is 5.49. The highest BCUT2D eigenvalue weighted by atomic mass is 79.9. The average molecular weight is 321 g/mol. The van der Waals surface area contributed by atoms with Crippen molar-refractivity contribution < 1.29 is 4.74 Å². The number of hydrogen-bond acceptors (Lipinski definition) is 3. The molecule has 2 aromatic rings. The first-order valence-electron chi connectivity index (χ1n) is 6.30. The lowest BCUT2D eigenvalue weighted by Gasteiger charge is -2.09. The number of benzene rings is 1. The second kappa shape index (κ2) is 7.26. The van der Waals surface area contributed by atoms with Crippen LogP contribution in [0.5, 0.6) is 5.75 Å². The van der Waals surface area contributed by atoms with Crippen LogP contribution in [0, 0.1) is 0 Å². The van der Waals surface area contributed by atoms with Crippen LogP contribution < -0.4 is 10.1 Å². The lowest BCUT2D eigenvalue weighted by Crippen LogP contribution is -2.12. The van der Waals surface area contributed by atoms with Crippen LogP contribution in [-0.2, 0) is 13.1 Å². The lowest BCUT2D eigenvalue weighted by molar-refractivity contribution is 0.338. The number of hydrogen-bond donors (Lipinski definition) is 1. The SMILES string of the molecule is CCOc1ccc(CNCc2ccncc2)cc1Br. The molecule has 1 aromatic carbocycles. The van der Waals surface area contributed by atoms with E-state index in [1.54, 1.807) is 0 Å². The van der Waals surface area contributed by atoms with Gasteiger partial charge < -0.3 is 10.1 Å². The van der Waals surface area contributed by atoms with Crippen molar-refractivity contribution in [3.05, 3.63) is 58.3 Å².